The van der Waals surface area contributed by atoms with Crippen LogP contribution in [-0.2, 0) is 43.8 Å². The summed E-state index contributed by atoms with van der Waals surface area (Å²) >= 11 is 0. The van der Waals surface area contributed by atoms with Gasteiger partial charge in [-0.05, 0) is 32.1 Å². The minimum atomic E-state index is -0.689. The molecule has 0 rings (SSSR count). The van der Waals surface area contributed by atoms with Crippen molar-refractivity contribution in [1.82, 2.24) is 0 Å². The van der Waals surface area contributed by atoms with Crippen LogP contribution >= 0.6 is 0 Å². The van der Waals surface area contributed by atoms with Gasteiger partial charge in [0.15, 0.2) is 0 Å². The zero-order valence-electron chi connectivity index (χ0n) is 15.1. The fourth-order valence-corrected chi connectivity index (χ4v) is 2.36. The van der Waals surface area contributed by atoms with E-state index in [2.05, 4.69) is 19.1 Å². The van der Waals surface area contributed by atoms with Crippen LogP contribution in [0.25, 0.3) is 0 Å². The second kappa shape index (κ2) is 22.4. The van der Waals surface area contributed by atoms with E-state index in [-0.39, 0.29) is 45.1 Å². The molecule has 0 aliphatic heterocycles. The number of allylic oxidation sites excluding steroid dienone is 1. The second-order valence-electron chi connectivity index (χ2n) is 5.91. The summed E-state index contributed by atoms with van der Waals surface area (Å²) in [5.41, 5.74) is 0. The van der Waals surface area contributed by atoms with Gasteiger partial charge in [-0.2, -0.15) is 0 Å². The maximum Gasteiger partial charge on any atom is 0.303 e. The smallest absolute Gasteiger partial charge is 0.303 e. The first kappa shape index (κ1) is 28.2. The molecule has 23 heavy (non-hydrogen) atoms. The van der Waals surface area contributed by atoms with E-state index in [1.807, 2.05) is 0 Å². The predicted octanol–water partition coefficient (Wildman–Crippen LogP) is 5.07. The quantitative estimate of drug-likeness (QED) is 0.217. The summed E-state index contributed by atoms with van der Waals surface area (Å²) in [6.07, 6.45) is 17.4. The van der Waals surface area contributed by atoms with Gasteiger partial charge in [0, 0.05) is 45.4 Å². The molecule has 5 heteroatoms. The van der Waals surface area contributed by atoms with Crippen LogP contribution in [0.3, 0.4) is 0 Å². The summed E-state index contributed by atoms with van der Waals surface area (Å²) in [6.45, 7) is 2.20. The summed E-state index contributed by atoms with van der Waals surface area (Å²) in [6, 6.07) is 0. The van der Waals surface area contributed by atoms with Crippen molar-refractivity contribution in [1.29, 1.82) is 0 Å². The number of hydrogen-bond donors (Lipinski definition) is 2. The average Bonchev–Trinajstić information content (AvgIpc) is 2.45. The SMILES string of the molecule is CCCCCC[C@@H](O)C/C=C\CCCCCCCC(=O)O.[Zn].[Zn]. The third-order valence-corrected chi connectivity index (χ3v) is 3.73. The Bertz CT molecular complexity index is 271. The van der Waals surface area contributed by atoms with E-state index in [0.29, 0.717) is 6.42 Å². The molecular weight excluding hydrogens is 395 g/mol. The molecule has 0 heterocycles. The molecule has 1 atom stereocenters. The van der Waals surface area contributed by atoms with E-state index in [4.69, 9.17) is 5.11 Å². The fourth-order valence-electron chi connectivity index (χ4n) is 2.36. The van der Waals surface area contributed by atoms with Gasteiger partial charge in [-0.3, -0.25) is 4.79 Å². The van der Waals surface area contributed by atoms with Crippen LogP contribution in [0, 0.1) is 0 Å². The molecule has 0 bridgehead atoms. The van der Waals surface area contributed by atoms with Gasteiger partial charge in [0.25, 0.3) is 0 Å². The van der Waals surface area contributed by atoms with Crippen molar-refractivity contribution in [2.75, 3.05) is 0 Å². The zero-order chi connectivity index (χ0) is 15.8. The van der Waals surface area contributed by atoms with Crippen molar-refractivity contribution in [2.45, 2.75) is 96.5 Å². The van der Waals surface area contributed by atoms with E-state index >= 15 is 0 Å². The van der Waals surface area contributed by atoms with Crippen LogP contribution in [0.5, 0.6) is 0 Å². The Hall–Kier alpha value is 0.417. The van der Waals surface area contributed by atoms with Crippen molar-refractivity contribution < 1.29 is 54.0 Å². The fraction of sp³-hybridized carbons (Fsp3) is 0.833. The molecule has 0 aromatic carbocycles. The van der Waals surface area contributed by atoms with Gasteiger partial charge in [-0.15, -0.1) is 0 Å². The summed E-state index contributed by atoms with van der Waals surface area (Å²) in [4.78, 5) is 10.3. The van der Waals surface area contributed by atoms with Gasteiger partial charge >= 0.3 is 5.97 Å². The van der Waals surface area contributed by atoms with E-state index in [0.717, 1.165) is 51.4 Å². The monoisotopic (exact) mass is 426 g/mol. The number of aliphatic hydroxyl groups excluding tert-OH is 1. The van der Waals surface area contributed by atoms with Crippen LogP contribution < -0.4 is 0 Å². The number of carboxylic acid groups (broad SMARTS) is 1. The molecule has 0 fully saturated rings. The Kier molecular flexibility index (Phi) is 27.5. The van der Waals surface area contributed by atoms with E-state index in [1.54, 1.807) is 0 Å². The Morgan fingerprint density at radius 1 is 0.913 bits per heavy atom. The van der Waals surface area contributed by atoms with Crippen LogP contribution in [0.1, 0.15) is 90.4 Å². The van der Waals surface area contributed by atoms with Crippen molar-refractivity contribution in [3.8, 4) is 0 Å². The third kappa shape index (κ3) is 24.8. The van der Waals surface area contributed by atoms with Crippen molar-refractivity contribution >= 4 is 5.97 Å². The number of hydrogen-bond acceptors (Lipinski definition) is 2. The number of unbranched alkanes of at least 4 members (excludes halogenated alkanes) is 8. The first-order valence-corrected chi connectivity index (χ1v) is 8.71. The number of carboxylic acids is 1. The first-order chi connectivity index (χ1) is 10.2. The second-order valence-corrected chi connectivity index (χ2v) is 5.91. The summed E-state index contributed by atoms with van der Waals surface area (Å²) in [7, 11) is 0. The van der Waals surface area contributed by atoms with Gasteiger partial charge in [0.1, 0.15) is 0 Å². The van der Waals surface area contributed by atoms with Gasteiger partial charge in [-0.25, -0.2) is 0 Å². The van der Waals surface area contributed by atoms with Gasteiger partial charge < -0.3 is 10.2 Å². The van der Waals surface area contributed by atoms with Gasteiger partial charge in [0.2, 0.25) is 0 Å². The minimum absolute atomic E-state index is 0. The van der Waals surface area contributed by atoms with Crippen molar-refractivity contribution in [3.63, 3.8) is 0 Å². The van der Waals surface area contributed by atoms with Crippen LogP contribution in [0.15, 0.2) is 12.2 Å². The Labute approximate surface area is 168 Å². The average molecular weight is 429 g/mol. The summed E-state index contributed by atoms with van der Waals surface area (Å²) in [5.74, 6) is -0.689. The Morgan fingerprint density at radius 3 is 2.17 bits per heavy atom. The van der Waals surface area contributed by atoms with Crippen LogP contribution in [0.2, 0.25) is 0 Å². The molecule has 0 amide bonds. The Morgan fingerprint density at radius 2 is 1.52 bits per heavy atom. The predicted molar refractivity (Wildman–Crippen MR) is 88.5 cm³/mol. The number of aliphatic hydroxyl groups is 1. The minimum Gasteiger partial charge on any atom is -0.481 e. The third-order valence-electron chi connectivity index (χ3n) is 3.73. The zero-order valence-corrected chi connectivity index (χ0v) is 21.1. The molecule has 2 N–H and O–H groups in total. The van der Waals surface area contributed by atoms with E-state index in [1.165, 1.54) is 25.7 Å². The molecule has 0 aliphatic rings. The standard InChI is InChI=1S/C18H34O3.2Zn/c1-2-3-4-11-14-17(19)15-12-9-7-5-6-8-10-13-16-18(20)21;;/h9,12,17,19H,2-8,10-11,13-16H2,1H3,(H,20,21);;/b12-9-;;/t17-;;/m1../s1. The topological polar surface area (TPSA) is 57.5 Å². The maximum absolute atomic E-state index is 10.3. The number of aliphatic carboxylic acids is 1. The van der Waals surface area contributed by atoms with E-state index < -0.39 is 5.97 Å². The molecule has 0 unspecified atom stereocenters. The summed E-state index contributed by atoms with van der Waals surface area (Å²) < 4.78 is 0. The molecule has 0 aliphatic carbocycles. The molecule has 0 radical (unpaired) electrons. The maximum atomic E-state index is 10.3. The molecule has 0 aromatic rings. The summed E-state index contributed by atoms with van der Waals surface area (Å²) in [5, 5.41) is 18.3. The molecule has 0 spiro atoms. The normalized spacial score (nSPS) is 11.7. The van der Waals surface area contributed by atoms with Crippen LogP contribution in [0.4, 0.5) is 0 Å². The molecule has 0 saturated carbocycles. The van der Waals surface area contributed by atoms with Crippen molar-refractivity contribution in [2.24, 2.45) is 0 Å². The van der Waals surface area contributed by atoms with E-state index in [9.17, 15) is 9.90 Å². The van der Waals surface area contributed by atoms with Gasteiger partial charge in [0.05, 0.1) is 6.10 Å². The number of rotatable bonds is 15. The Balaban J connectivity index is -0.00000200. The molecule has 0 saturated heterocycles. The van der Waals surface area contributed by atoms with Crippen molar-refractivity contribution in [3.05, 3.63) is 12.2 Å². The number of carbonyl (C=O) groups is 1. The largest absolute Gasteiger partial charge is 0.481 e. The van der Waals surface area contributed by atoms with Gasteiger partial charge in [-0.1, -0.05) is 64.0 Å². The molecule has 128 valence electrons. The first-order valence-electron chi connectivity index (χ1n) is 8.71. The molecule has 3 nitrogen and oxygen atoms in total. The molecule has 0 aromatic heterocycles. The van der Waals surface area contributed by atoms with Crippen LogP contribution in [-0.4, -0.2) is 22.3 Å². The molecular formula is C18H34O3Zn2.